The SMILES string of the molecule is COC(=O)C(C)C(=O)OC(C)(C)C(Br)CCC(Cl)(Cl)Cl. The van der Waals surface area contributed by atoms with E-state index in [1.807, 2.05) is 0 Å². The molecule has 0 aliphatic heterocycles. The second kappa shape index (κ2) is 8.06. The number of esters is 2. The van der Waals surface area contributed by atoms with Gasteiger partial charge < -0.3 is 9.47 Å². The molecule has 0 aromatic heterocycles. The van der Waals surface area contributed by atoms with Crippen molar-refractivity contribution < 1.29 is 19.1 Å². The van der Waals surface area contributed by atoms with E-state index in [0.29, 0.717) is 12.8 Å². The summed E-state index contributed by atoms with van der Waals surface area (Å²) in [5, 5.41) is 0. The van der Waals surface area contributed by atoms with Gasteiger partial charge in [0.15, 0.2) is 9.71 Å². The highest BCUT2D eigenvalue weighted by atomic mass is 79.9. The lowest BCUT2D eigenvalue weighted by Gasteiger charge is -2.31. The summed E-state index contributed by atoms with van der Waals surface area (Å²) in [5.74, 6) is -2.27. The van der Waals surface area contributed by atoms with Gasteiger partial charge in [0, 0.05) is 0 Å². The van der Waals surface area contributed by atoms with Crippen LogP contribution in [-0.4, -0.2) is 33.3 Å². The summed E-state index contributed by atoms with van der Waals surface area (Å²) < 4.78 is 8.47. The summed E-state index contributed by atoms with van der Waals surface area (Å²) in [6.07, 6.45) is 0.796. The summed E-state index contributed by atoms with van der Waals surface area (Å²) >= 11 is 20.5. The van der Waals surface area contributed by atoms with Gasteiger partial charge in [-0.2, -0.15) is 0 Å². The first kappa shape index (κ1) is 20.3. The van der Waals surface area contributed by atoms with Crippen LogP contribution in [-0.2, 0) is 19.1 Å². The van der Waals surface area contributed by atoms with Crippen molar-refractivity contribution in [2.45, 2.75) is 47.8 Å². The maximum Gasteiger partial charge on any atom is 0.320 e. The minimum atomic E-state index is -1.36. The Kier molecular flexibility index (Phi) is 8.18. The molecule has 0 radical (unpaired) electrons. The molecule has 0 aliphatic rings. The molecule has 0 fully saturated rings. The molecule has 2 unspecified atom stereocenters. The fraction of sp³-hybridized carbons (Fsp3) is 0.833. The highest BCUT2D eigenvalue weighted by Crippen LogP contribution is 2.36. The average Bonchev–Trinajstić information content (AvgIpc) is 2.32. The lowest BCUT2D eigenvalue weighted by molar-refractivity contribution is -0.168. The van der Waals surface area contributed by atoms with E-state index < -0.39 is 27.3 Å². The van der Waals surface area contributed by atoms with E-state index in [0.717, 1.165) is 0 Å². The predicted octanol–water partition coefficient (Wildman–Crippen LogP) is 4.03. The van der Waals surface area contributed by atoms with E-state index in [1.165, 1.54) is 14.0 Å². The zero-order chi connectivity index (χ0) is 16.1. The first-order chi connectivity index (χ1) is 8.90. The molecule has 0 rings (SSSR count). The van der Waals surface area contributed by atoms with Gasteiger partial charge in [-0.05, 0) is 33.6 Å². The van der Waals surface area contributed by atoms with Crippen LogP contribution in [0.15, 0.2) is 0 Å². The molecule has 0 saturated heterocycles. The van der Waals surface area contributed by atoms with Gasteiger partial charge in [-0.1, -0.05) is 50.7 Å². The quantitative estimate of drug-likeness (QED) is 0.375. The molecule has 0 heterocycles. The Labute approximate surface area is 142 Å². The van der Waals surface area contributed by atoms with Crippen molar-refractivity contribution >= 4 is 62.7 Å². The molecule has 0 amide bonds. The van der Waals surface area contributed by atoms with E-state index in [2.05, 4.69) is 20.7 Å². The Bertz CT molecular complexity index is 355. The second-order valence-electron chi connectivity index (χ2n) is 4.89. The van der Waals surface area contributed by atoms with E-state index in [-0.39, 0.29) is 4.83 Å². The highest BCUT2D eigenvalue weighted by molar-refractivity contribution is 9.09. The Morgan fingerprint density at radius 1 is 1.20 bits per heavy atom. The molecule has 0 saturated carbocycles. The maximum absolute atomic E-state index is 11.8. The zero-order valence-electron chi connectivity index (χ0n) is 11.7. The minimum absolute atomic E-state index is 0.223. The standard InChI is InChI=1S/C12H18BrCl3O4/c1-7(9(17)19-4)10(18)20-11(2,3)8(13)5-6-12(14,15)16/h7-8H,5-6H2,1-4H3. The molecule has 118 valence electrons. The monoisotopic (exact) mass is 410 g/mol. The van der Waals surface area contributed by atoms with Gasteiger partial charge in [0.1, 0.15) is 5.60 Å². The third kappa shape index (κ3) is 7.34. The number of ether oxygens (including phenoxy) is 2. The number of hydrogen-bond acceptors (Lipinski definition) is 4. The first-order valence-corrected chi connectivity index (χ1v) is 7.97. The van der Waals surface area contributed by atoms with E-state index in [1.54, 1.807) is 13.8 Å². The summed E-state index contributed by atoms with van der Waals surface area (Å²) in [4.78, 5) is 22.9. The highest BCUT2D eigenvalue weighted by Gasteiger charge is 2.36. The van der Waals surface area contributed by atoms with Crippen LogP contribution >= 0.6 is 50.7 Å². The molecule has 0 N–H and O–H groups in total. The Balaban J connectivity index is 4.57. The molecule has 20 heavy (non-hydrogen) atoms. The van der Waals surface area contributed by atoms with Crippen LogP contribution in [0.1, 0.15) is 33.6 Å². The minimum Gasteiger partial charge on any atom is -0.468 e. The molecule has 0 aliphatic carbocycles. The van der Waals surface area contributed by atoms with Gasteiger partial charge in [-0.3, -0.25) is 9.59 Å². The molecule has 0 bridgehead atoms. The smallest absolute Gasteiger partial charge is 0.320 e. The van der Waals surface area contributed by atoms with Crippen molar-refractivity contribution in [1.82, 2.24) is 0 Å². The van der Waals surface area contributed by atoms with Crippen molar-refractivity contribution in [2.24, 2.45) is 5.92 Å². The van der Waals surface area contributed by atoms with Crippen LogP contribution in [0.5, 0.6) is 0 Å². The van der Waals surface area contributed by atoms with Crippen LogP contribution in [0.3, 0.4) is 0 Å². The predicted molar refractivity (Wildman–Crippen MR) is 83.6 cm³/mol. The van der Waals surface area contributed by atoms with E-state index in [9.17, 15) is 9.59 Å². The molecule has 4 nitrogen and oxygen atoms in total. The second-order valence-corrected chi connectivity index (χ2v) is 8.51. The first-order valence-electron chi connectivity index (χ1n) is 5.92. The van der Waals surface area contributed by atoms with Gasteiger partial charge in [0.2, 0.25) is 0 Å². The molecule has 2 atom stereocenters. The van der Waals surface area contributed by atoms with Gasteiger partial charge in [0.25, 0.3) is 0 Å². The Hall–Kier alpha value is 0.290. The van der Waals surface area contributed by atoms with Crippen molar-refractivity contribution in [3.05, 3.63) is 0 Å². The normalized spacial score (nSPS) is 15.4. The Morgan fingerprint density at radius 3 is 2.10 bits per heavy atom. The van der Waals surface area contributed by atoms with Gasteiger partial charge in [-0.15, -0.1) is 0 Å². The number of rotatable bonds is 6. The van der Waals surface area contributed by atoms with Crippen LogP contribution < -0.4 is 0 Å². The third-order valence-corrected chi connectivity index (χ3v) is 4.83. The molecule has 0 aromatic carbocycles. The molecule has 0 spiro atoms. The van der Waals surface area contributed by atoms with Gasteiger partial charge in [0.05, 0.1) is 11.9 Å². The number of carbonyl (C=O) groups excluding carboxylic acids is 2. The van der Waals surface area contributed by atoms with E-state index in [4.69, 9.17) is 39.5 Å². The number of halogens is 4. The van der Waals surface area contributed by atoms with Crippen molar-refractivity contribution in [1.29, 1.82) is 0 Å². The number of methoxy groups -OCH3 is 1. The van der Waals surface area contributed by atoms with Crippen molar-refractivity contribution in [2.75, 3.05) is 7.11 Å². The summed E-state index contributed by atoms with van der Waals surface area (Å²) in [7, 11) is 1.21. The van der Waals surface area contributed by atoms with Crippen LogP contribution in [0.25, 0.3) is 0 Å². The van der Waals surface area contributed by atoms with Crippen molar-refractivity contribution in [3.63, 3.8) is 0 Å². The summed E-state index contributed by atoms with van der Waals surface area (Å²) in [6, 6.07) is 0. The van der Waals surface area contributed by atoms with Crippen molar-refractivity contribution in [3.8, 4) is 0 Å². The molecule has 8 heteroatoms. The van der Waals surface area contributed by atoms with Crippen LogP contribution in [0, 0.1) is 5.92 Å². The lowest BCUT2D eigenvalue weighted by Crippen LogP contribution is -2.40. The largest absolute Gasteiger partial charge is 0.468 e. The van der Waals surface area contributed by atoms with Crippen LogP contribution in [0.4, 0.5) is 0 Å². The Morgan fingerprint density at radius 2 is 1.70 bits per heavy atom. The maximum atomic E-state index is 11.8. The summed E-state index contributed by atoms with van der Waals surface area (Å²) in [5.41, 5.74) is -0.852. The molecular formula is C12H18BrCl3O4. The number of hydrogen-bond donors (Lipinski definition) is 0. The molecule has 0 aromatic rings. The molecular weight excluding hydrogens is 394 g/mol. The third-order valence-electron chi connectivity index (χ3n) is 2.71. The zero-order valence-corrected chi connectivity index (χ0v) is 15.6. The van der Waals surface area contributed by atoms with Crippen LogP contribution in [0.2, 0.25) is 0 Å². The number of carbonyl (C=O) groups is 2. The topological polar surface area (TPSA) is 52.6 Å². The number of alkyl halides is 4. The summed E-state index contributed by atoms with van der Waals surface area (Å²) in [6.45, 7) is 4.86. The van der Waals surface area contributed by atoms with Gasteiger partial charge >= 0.3 is 11.9 Å². The van der Waals surface area contributed by atoms with E-state index >= 15 is 0 Å². The average molecular weight is 413 g/mol. The fourth-order valence-electron chi connectivity index (χ4n) is 1.32. The fourth-order valence-corrected chi connectivity index (χ4v) is 1.97. The lowest BCUT2D eigenvalue weighted by atomic mass is 10.0. The van der Waals surface area contributed by atoms with Gasteiger partial charge in [-0.25, -0.2) is 0 Å².